The number of nitrogens with zero attached hydrogens (tertiary/aromatic N) is 1. The summed E-state index contributed by atoms with van der Waals surface area (Å²) in [6.45, 7) is 2.04. The Morgan fingerprint density at radius 1 is 1.55 bits per heavy atom. The van der Waals surface area contributed by atoms with Gasteiger partial charge < -0.3 is 14.8 Å². The van der Waals surface area contributed by atoms with Crippen LogP contribution in [0.5, 0.6) is 0 Å². The summed E-state index contributed by atoms with van der Waals surface area (Å²) in [5.74, 6) is -1.00. The molecule has 1 aliphatic rings. The fraction of sp³-hybridized carbons (Fsp3) is 0.583. The Balaban J connectivity index is 2.14. The molecule has 1 saturated carbocycles. The van der Waals surface area contributed by atoms with E-state index in [9.17, 15) is 18.3 Å². The average Bonchev–Trinajstić information content (AvgIpc) is 3.13. The van der Waals surface area contributed by atoms with Crippen LogP contribution < -0.4 is 4.72 Å². The van der Waals surface area contributed by atoms with Crippen molar-refractivity contribution in [2.24, 2.45) is 5.92 Å². The molecule has 8 heteroatoms. The van der Waals surface area contributed by atoms with E-state index < -0.39 is 22.1 Å². The van der Waals surface area contributed by atoms with Crippen LogP contribution >= 0.6 is 0 Å². The molecule has 1 atom stereocenters. The quantitative estimate of drug-likeness (QED) is 0.669. The summed E-state index contributed by atoms with van der Waals surface area (Å²) in [5.41, 5.74) is -0.0735. The van der Waals surface area contributed by atoms with E-state index in [0.717, 1.165) is 18.9 Å². The molecule has 0 saturated heterocycles. The predicted octanol–water partition coefficient (Wildman–Crippen LogP) is 0.255. The van der Waals surface area contributed by atoms with Crippen LogP contribution in [0.3, 0.4) is 0 Å². The number of aromatic nitrogens is 1. The van der Waals surface area contributed by atoms with E-state index in [0.29, 0.717) is 6.54 Å². The van der Waals surface area contributed by atoms with E-state index >= 15 is 0 Å². The Hall–Kier alpha value is -1.38. The van der Waals surface area contributed by atoms with Crippen molar-refractivity contribution >= 4 is 16.0 Å². The van der Waals surface area contributed by atoms with Gasteiger partial charge in [0, 0.05) is 19.3 Å². The number of hydrogen-bond donors (Lipinski definition) is 3. The van der Waals surface area contributed by atoms with Crippen LogP contribution in [0.4, 0.5) is 0 Å². The summed E-state index contributed by atoms with van der Waals surface area (Å²) in [6, 6.07) is 1.12. The second-order valence-corrected chi connectivity index (χ2v) is 6.68. The van der Waals surface area contributed by atoms with E-state index in [1.54, 1.807) is 6.92 Å². The minimum absolute atomic E-state index is 0.0489. The van der Waals surface area contributed by atoms with E-state index in [1.165, 1.54) is 10.8 Å². The number of carbonyl (C=O) groups is 1. The van der Waals surface area contributed by atoms with E-state index in [-0.39, 0.29) is 23.1 Å². The number of aliphatic hydroxyl groups is 1. The van der Waals surface area contributed by atoms with Crippen LogP contribution in [0.25, 0.3) is 0 Å². The van der Waals surface area contributed by atoms with Crippen LogP contribution in [-0.2, 0) is 16.6 Å². The lowest BCUT2D eigenvalue weighted by Crippen LogP contribution is -2.33. The first-order chi connectivity index (χ1) is 9.35. The zero-order valence-electron chi connectivity index (χ0n) is 11.1. The van der Waals surface area contributed by atoms with Crippen LogP contribution in [0.1, 0.15) is 30.3 Å². The van der Waals surface area contributed by atoms with Crippen molar-refractivity contribution < 1.29 is 23.4 Å². The number of rotatable bonds is 7. The van der Waals surface area contributed by atoms with Gasteiger partial charge in [0.2, 0.25) is 10.0 Å². The van der Waals surface area contributed by atoms with Crippen molar-refractivity contribution in [3.05, 3.63) is 18.0 Å². The number of aliphatic hydroxyl groups excluding tert-OH is 1. The largest absolute Gasteiger partial charge is 0.477 e. The molecule has 0 aliphatic heterocycles. The molecule has 3 N–H and O–H groups in total. The number of nitrogens with one attached hydrogen (secondary N) is 1. The molecule has 1 aromatic rings. The van der Waals surface area contributed by atoms with E-state index in [2.05, 4.69) is 4.72 Å². The van der Waals surface area contributed by atoms with Crippen molar-refractivity contribution in [1.29, 1.82) is 0 Å². The highest BCUT2D eigenvalue weighted by Gasteiger charge is 2.31. The molecule has 1 aliphatic carbocycles. The molecule has 1 fully saturated rings. The maximum atomic E-state index is 12.1. The molecule has 7 nitrogen and oxygen atoms in total. The van der Waals surface area contributed by atoms with Gasteiger partial charge in [-0.25, -0.2) is 17.9 Å². The SMILES string of the molecule is CCn1cc(S(=O)(=O)NCC(O)C2CC2)cc1C(=O)O. The third kappa shape index (κ3) is 3.20. The molecule has 0 aromatic carbocycles. The Bertz CT molecular complexity index is 603. The summed E-state index contributed by atoms with van der Waals surface area (Å²) in [5, 5.41) is 18.7. The van der Waals surface area contributed by atoms with Gasteiger partial charge in [0.1, 0.15) is 10.6 Å². The average molecular weight is 302 g/mol. The van der Waals surface area contributed by atoms with Crippen LogP contribution in [-0.4, -0.2) is 41.8 Å². The monoisotopic (exact) mass is 302 g/mol. The smallest absolute Gasteiger partial charge is 0.352 e. The van der Waals surface area contributed by atoms with Gasteiger partial charge in [-0.05, 0) is 31.7 Å². The predicted molar refractivity (Wildman–Crippen MR) is 71.0 cm³/mol. The fourth-order valence-electron chi connectivity index (χ4n) is 2.00. The molecule has 1 aromatic heterocycles. The van der Waals surface area contributed by atoms with E-state index in [1.807, 2.05) is 0 Å². The molecule has 0 bridgehead atoms. The third-order valence-electron chi connectivity index (χ3n) is 3.39. The summed E-state index contributed by atoms with van der Waals surface area (Å²) in [6.07, 6.45) is 2.43. The number of hydrogen-bond acceptors (Lipinski definition) is 4. The van der Waals surface area contributed by atoms with Crippen molar-refractivity contribution in [3.63, 3.8) is 0 Å². The Morgan fingerprint density at radius 3 is 2.65 bits per heavy atom. The lowest BCUT2D eigenvalue weighted by atomic mass is 10.2. The third-order valence-corrected chi connectivity index (χ3v) is 4.78. The van der Waals surface area contributed by atoms with Gasteiger partial charge in [0.15, 0.2) is 0 Å². The second-order valence-electron chi connectivity index (χ2n) is 4.91. The van der Waals surface area contributed by atoms with Gasteiger partial charge in [0.05, 0.1) is 6.10 Å². The van der Waals surface area contributed by atoms with Gasteiger partial charge in [-0.3, -0.25) is 0 Å². The molecule has 1 heterocycles. The number of aromatic carboxylic acids is 1. The summed E-state index contributed by atoms with van der Waals surface area (Å²) in [4.78, 5) is 10.9. The number of carboxylic acids is 1. The first kappa shape index (κ1) is 15.0. The second kappa shape index (κ2) is 5.55. The number of sulfonamides is 1. The van der Waals surface area contributed by atoms with Gasteiger partial charge >= 0.3 is 5.97 Å². The maximum Gasteiger partial charge on any atom is 0.352 e. The molecule has 0 radical (unpaired) electrons. The molecule has 0 amide bonds. The van der Waals surface area contributed by atoms with Crippen LogP contribution in [0.15, 0.2) is 17.2 Å². The minimum Gasteiger partial charge on any atom is -0.477 e. The zero-order valence-corrected chi connectivity index (χ0v) is 11.9. The highest BCUT2D eigenvalue weighted by Crippen LogP contribution is 2.32. The molecule has 0 spiro atoms. The number of carboxylic acid groups (broad SMARTS) is 1. The highest BCUT2D eigenvalue weighted by molar-refractivity contribution is 7.89. The van der Waals surface area contributed by atoms with Crippen LogP contribution in [0.2, 0.25) is 0 Å². The summed E-state index contributed by atoms with van der Waals surface area (Å²) in [7, 11) is -3.80. The van der Waals surface area contributed by atoms with Gasteiger partial charge in [-0.2, -0.15) is 0 Å². The molecular weight excluding hydrogens is 284 g/mol. The van der Waals surface area contributed by atoms with Gasteiger partial charge in [-0.15, -0.1) is 0 Å². The fourth-order valence-corrected chi connectivity index (χ4v) is 3.09. The highest BCUT2D eigenvalue weighted by atomic mass is 32.2. The topological polar surface area (TPSA) is 109 Å². The lowest BCUT2D eigenvalue weighted by molar-refractivity contribution is 0.0685. The van der Waals surface area contributed by atoms with Crippen molar-refractivity contribution in [2.75, 3.05) is 6.54 Å². The Labute approximate surface area is 117 Å². The van der Waals surface area contributed by atoms with E-state index in [4.69, 9.17) is 5.11 Å². The Kier molecular flexibility index (Phi) is 4.17. The van der Waals surface area contributed by atoms with Crippen LogP contribution in [0, 0.1) is 5.92 Å². The molecule has 1 unspecified atom stereocenters. The first-order valence-corrected chi connectivity index (χ1v) is 7.94. The first-order valence-electron chi connectivity index (χ1n) is 6.46. The molecule has 20 heavy (non-hydrogen) atoms. The van der Waals surface area contributed by atoms with Crippen molar-refractivity contribution in [2.45, 2.75) is 37.3 Å². The molecule has 2 rings (SSSR count). The number of aryl methyl sites for hydroxylation is 1. The van der Waals surface area contributed by atoms with Crippen molar-refractivity contribution in [1.82, 2.24) is 9.29 Å². The summed E-state index contributed by atoms with van der Waals surface area (Å²) >= 11 is 0. The lowest BCUT2D eigenvalue weighted by Gasteiger charge is -2.10. The van der Waals surface area contributed by atoms with Gasteiger partial charge in [0.25, 0.3) is 0 Å². The molecular formula is C12H18N2O5S. The normalized spacial score (nSPS) is 17.1. The Morgan fingerprint density at radius 2 is 2.20 bits per heavy atom. The van der Waals surface area contributed by atoms with Crippen molar-refractivity contribution in [3.8, 4) is 0 Å². The molecule has 112 valence electrons. The minimum atomic E-state index is -3.80. The summed E-state index contributed by atoms with van der Waals surface area (Å²) < 4.78 is 27.8. The van der Waals surface area contributed by atoms with Gasteiger partial charge in [-0.1, -0.05) is 0 Å². The zero-order chi connectivity index (χ0) is 14.9. The standard InChI is InChI=1S/C12H18N2O5S/c1-2-14-7-9(5-10(14)12(16)17)20(18,19)13-6-11(15)8-3-4-8/h5,7-8,11,13,15H,2-4,6H2,1H3,(H,16,17). The maximum absolute atomic E-state index is 12.1.